The van der Waals surface area contributed by atoms with E-state index in [9.17, 15) is 0 Å². The topological polar surface area (TPSA) is 24.9 Å². The summed E-state index contributed by atoms with van der Waals surface area (Å²) in [6.45, 7) is 4.34. The highest BCUT2D eigenvalue weighted by atomic mass is 79.9. The summed E-state index contributed by atoms with van der Waals surface area (Å²) < 4.78 is 2.35. The molecule has 1 aliphatic rings. The smallest absolute Gasteiger partial charge is 0.106 e. The lowest BCUT2D eigenvalue weighted by Gasteiger charge is -2.28. The minimum atomic E-state index is 0.402. The lowest BCUT2D eigenvalue weighted by molar-refractivity contribution is 0.668. The SMILES string of the molecule is Cc1nc(Br)ccc1NC1C[C@H](C)Sc2sccc21. The van der Waals surface area contributed by atoms with Gasteiger partial charge in [-0.25, -0.2) is 4.98 Å². The molecule has 5 heteroatoms. The van der Waals surface area contributed by atoms with E-state index < -0.39 is 0 Å². The molecule has 2 nitrogen and oxygen atoms in total. The van der Waals surface area contributed by atoms with E-state index in [1.165, 1.54) is 9.77 Å². The zero-order valence-electron chi connectivity index (χ0n) is 10.8. The third-order valence-corrected chi connectivity index (χ3v) is 6.08. The number of aryl methyl sites for hydroxylation is 1. The standard InChI is InChI=1S/C14H15BrN2S2/c1-8-7-12(10-5-6-18-14(10)19-8)17-11-3-4-13(15)16-9(11)2/h3-6,8,12,17H,7H2,1-2H3/t8-,12?/m0/s1. The number of thioether (sulfide) groups is 1. The first-order valence-corrected chi connectivity index (χ1v) is 8.82. The van der Waals surface area contributed by atoms with Crippen molar-refractivity contribution < 1.29 is 0 Å². The van der Waals surface area contributed by atoms with Crippen LogP contribution in [0.15, 0.2) is 32.4 Å². The third kappa shape index (κ3) is 2.83. The Morgan fingerprint density at radius 2 is 2.21 bits per heavy atom. The van der Waals surface area contributed by atoms with Gasteiger partial charge in [0.2, 0.25) is 0 Å². The predicted molar refractivity (Wildman–Crippen MR) is 87.3 cm³/mol. The van der Waals surface area contributed by atoms with E-state index in [1.807, 2.05) is 36.1 Å². The van der Waals surface area contributed by atoms with Gasteiger partial charge < -0.3 is 5.32 Å². The Morgan fingerprint density at radius 1 is 1.37 bits per heavy atom. The predicted octanol–water partition coefficient (Wildman–Crippen LogP) is 5.25. The summed E-state index contributed by atoms with van der Waals surface area (Å²) in [5, 5.41) is 6.51. The van der Waals surface area contributed by atoms with Crippen molar-refractivity contribution >= 4 is 44.7 Å². The highest BCUT2D eigenvalue weighted by Gasteiger charge is 2.26. The number of pyridine rings is 1. The molecule has 2 aromatic rings. The molecular formula is C14H15BrN2S2. The van der Waals surface area contributed by atoms with Crippen LogP contribution in [0.1, 0.15) is 30.6 Å². The molecule has 2 aromatic heterocycles. The van der Waals surface area contributed by atoms with Crippen LogP contribution in [-0.4, -0.2) is 10.2 Å². The molecule has 0 spiro atoms. The van der Waals surface area contributed by atoms with Crippen molar-refractivity contribution in [3.63, 3.8) is 0 Å². The van der Waals surface area contributed by atoms with Crippen LogP contribution in [0.4, 0.5) is 5.69 Å². The van der Waals surface area contributed by atoms with Gasteiger partial charge in [-0.05, 0) is 58.4 Å². The summed E-state index contributed by atoms with van der Waals surface area (Å²) in [7, 11) is 0. The average Bonchev–Trinajstić information content (AvgIpc) is 2.80. The van der Waals surface area contributed by atoms with Gasteiger partial charge in [0, 0.05) is 5.25 Å². The van der Waals surface area contributed by atoms with E-state index in [2.05, 4.69) is 50.7 Å². The maximum absolute atomic E-state index is 4.45. The Balaban J connectivity index is 1.88. The Bertz CT molecular complexity index is 597. The molecule has 1 aliphatic heterocycles. The number of aromatic nitrogens is 1. The van der Waals surface area contributed by atoms with E-state index in [4.69, 9.17) is 0 Å². The zero-order valence-corrected chi connectivity index (χ0v) is 14.0. The van der Waals surface area contributed by atoms with Crippen LogP contribution in [0, 0.1) is 6.92 Å². The number of hydrogen-bond acceptors (Lipinski definition) is 4. The van der Waals surface area contributed by atoms with Gasteiger partial charge in [-0.3, -0.25) is 0 Å². The molecule has 0 aliphatic carbocycles. The van der Waals surface area contributed by atoms with Crippen molar-refractivity contribution in [3.05, 3.63) is 39.4 Å². The van der Waals surface area contributed by atoms with Crippen LogP contribution in [0.2, 0.25) is 0 Å². The molecule has 0 aromatic carbocycles. The summed E-state index contributed by atoms with van der Waals surface area (Å²) in [6, 6.07) is 6.74. The van der Waals surface area contributed by atoms with Crippen molar-refractivity contribution in [1.82, 2.24) is 4.98 Å². The van der Waals surface area contributed by atoms with E-state index in [0.29, 0.717) is 11.3 Å². The van der Waals surface area contributed by atoms with Crippen molar-refractivity contribution in [1.29, 1.82) is 0 Å². The van der Waals surface area contributed by atoms with E-state index in [-0.39, 0.29) is 0 Å². The molecule has 3 rings (SSSR count). The minimum absolute atomic E-state index is 0.402. The van der Waals surface area contributed by atoms with Crippen molar-refractivity contribution in [2.45, 2.75) is 35.8 Å². The van der Waals surface area contributed by atoms with E-state index in [1.54, 1.807) is 0 Å². The van der Waals surface area contributed by atoms with E-state index >= 15 is 0 Å². The van der Waals surface area contributed by atoms with Crippen molar-refractivity contribution in [2.75, 3.05) is 5.32 Å². The second kappa shape index (κ2) is 5.46. The number of halogens is 1. The average molecular weight is 355 g/mol. The number of nitrogens with one attached hydrogen (secondary N) is 1. The maximum atomic E-state index is 4.45. The van der Waals surface area contributed by atoms with Crippen LogP contribution in [0.25, 0.3) is 0 Å². The molecule has 0 saturated heterocycles. The molecule has 0 bridgehead atoms. The molecular weight excluding hydrogens is 340 g/mol. The number of rotatable bonds is 2. The molecule has 1 unspecified atom stereocenters. The molecule has 19 heavy (non-hydrogen) atoms. The van der Waals surface area contributed by atoms with Gasteiger partial charge in [-0.2, -0.15) is 0 Å². The van der Waals surface area contributed by atoms with Crippen LogP contribution in [0.5, 0.6) is 0 Å². The second-order valence-electron chi connectivity index (χ2n) is 4.79. The van der Waals surface area contributed by atoms with Gasteiger partial charge in [-0.15, -0.1) is 23.1 Å². The number of fused-ring (bicyclic) bond motifs is 1. The largest absolute Gasteiger partial charge is 0.377 e. The van der Waals surface area contributed by atoms with Crippen molar-refractivity contribution in [3.8, 4) is 0 Å². The van der Waals surface area contributed by atoms with Crippen LogP contribution < -0.4 is 5.32 Å². The lowest BCUT2D eigenvalue weighted by atomic mass is 10.0. The molecule has 0 saturated carbocycles. The molecule has 0 radical (unpaired) electrons. The van der Waals surface area contributed by atoms with Gasteiger partial charge in [0.05, 0.1) is 21.6 Å². The van der Waals surface area contributed by atoms with Gasteiger partial charge in [0.25, 0.3) is 0 Å². The molecule has 0 fully saturated rings. The number of hydrogen-bond donors (Lipinski definition) is 1. The Hall–Kier alpha value is -0.520. The van der Waals surface area contributed by atoms with E-state index in [0.717, 1.165) is 22.4 Å². The Kier molecular flexibility index (Phi) is 3.87. The molecule has 3 heterocycles. The number of thiophene rings is 1. The zero-order chi connectivity index (χ0) is 13.4. The summed E-state index contributed by atoms with van der Waals surface area (Å²) in [4.78, 5) is 4.45. The molecule has 2 atom stereocenters. The van der Waals surface area contributed by atoms with Gasteiger partial charge in [-0.1, -0.05) is 6.92 Å². The summed E-state index contributed by atoms with van der Waals surface area (Å²) in [6.07, 6.45) is 1.16. The monoisotopic (exact) mass is 354 g/mol. The third-order valence-electron chi connectivity index (χ3n) is 3.29. The highest BCUT2D eigenvalue weighted by molar-refractivity contribution is 9.10. The van der Waals surface area contributed by atoms with Crippen LogP contribution >= 0.6 is 39.0 Å². The fourth-order valence-electron chi connectivity index (χ4n) is 2.36. The maximum Gasteiger partial charge on any atom is 0.106 e. The minimum Gasteiger partial charge on any atom is -0.377 e. The lowest BCUT2D eigenvalue weighted by Crippen LogP contribution is -2.19. The Labute approximate surface area is 130 Å². The molecule has 100 valence electrons. The van der Waals surface area contributed by atoms with Gasteiger partial charge in [0.15, 0.2) is 0 Å². The fraction of sp³-hybridized carbons (Fsp3) is 0.357. The summed E-state index contributed by atoms with van der Waals surface area (Å²) in [5.41, 5.74) is 3.61. The first-order chi connectivity index (χ1) is 9.13. The normalized spacial score (nSPS) is 22.1. The second-order valence-corrected chi connectivity index (χ2v) is 8.23. The first-order valence-electron chi connectivity index (χ1n) is 6.27. The van der Waals surface area contributed by atoms with Gasteiger partial charge in [0.1, 0.15) is 4.60 Å². The molecule has 0 amide bonds. The fourth-order valence-corrected chi connectivity index (χ4v) is 5.32. The van der Waals surface area contributed by atoms with Gasteiger partial charge >= 0.3 is 0 Å². The first kappa shape index (κ1) is 13.5. The van der Waals surface area contributed by atoms with Crippen LogP contribution in [0.3, 0.4) is 0 Å². The molecule has 1 N–H and O–H groups in total. The van der Waals surface area contributed by atoms with Crippen LogP contribution in [-0.2, 0) is 0 Å². The Morgan fingerprint density at radius 3 is 3.00 bits per heavy atom. The number of nitrogens with zero attached hydrogens (tertiary/aromatic N) is 1. The quantitative estimate of drug-likeness (QED) is 0.745. The van der Waals surface area contributed by atoms with Crippen molar-refractivity contribution in [2.24, 2.45) is 0 Å². The summed E-state index contributed by atoms with van der Waals surface area (Å²) >= 11 is 7.25. The summed E-state index contributed by atoms with van der Waals surface area (Å²) in [5.74, 6) is 0. The number of anilines is 1. The highest BCUT2D eigenvalue weighted by Crippen LogP contribution is 2.45.